The van der Waals surface area contributed by atoms with Crippen LogP contribution < -0.4 is 0 Å². The SMILES string of the molecule is Cc1cc(-c2ccc3[nH]c4c(c3c2)CCCC4=O)n(C)n1. The smallest absolute Gasteiger partial charge is 0.179 e. The number of rotatable bonds is 1. The quantitative estimate of drug-likeness (QED) is 0.742. The first-order chi connectivity index (χ1) is 10.1. The van der Waals surface area contributed by atoms with Gasteiger partial charge in [-0.05, 0) is 43.5 Å². The summed E-state index contributed by atoms with van der Waals surface area (Å²) in [4.78, 5) is 15.3. The molecule has 0 amide bonds. The van der Waals surface area contributed by atoms with Gasteiger partial charge in [0.15, 0.2) is 5.78 Å². The van der Waals surface area contributed by atoms with E-state index in [0.29, 0.717) is 6.42 Å². The number of carbonyl (C=O) groups is 1. The highest BCUT2D eigenvalue weighted by molar-refractivity contribution is 6.04. The summed E-state index contributed by atoms with van der Waals surface area (Å²) >= 11 is 0. The molecule has 0 fully saturated rings. The van der Waals surface area contributed by atoms with Gasteiger partial charge in [-0.3, -0.25) is 9.48 Å². The van der Waals surface area contributed by atoms with Crippen LogP contribution in [0.1, 0.15) is 34.6 Å². The fraction of sp³-hybridized carbons (Fsp3) is 0.294. The molecule has 0 radical (unpaired) electrons. The van der Waals surface area contributed by atoms with Crippen LogP contribution in [0.25, 0.3) is 22.2 Å². The third-order valence-corrected chi connectivity index (χ3v) is 4.31. The highest BCUT2D eigenvalue weighted by atomic mass is 16.1. The van der Waals surface area contributed by atoms with E-state index >= 15 is 0 Å². The van der Waals surface area contributed by atoms with E-state index < -0.39 is 0 Å². The minimum Gasteiger partial charge on any atom is -0.352 e. The highest BCUT2D eigenvalue weighted by Crippen LogP contribution is 2.32. The van der Waals surface area contributed by atoms with E-state index in [-0.39, 0.29) is 5.78 Å². The Kier molecular flexibility index (Phi) is 2.55. The van der Waals surface area contributed by atoms with Gasteiger partial charge in [0.05, 0.1) is 17.1 Å². The molecular weight excluding hydrogens is 262 g/mol. The Hall–Kier alpha value is -2.36. The molecule has 1 N–H and O–H groups in total. The average molecular weight is 279 g/mol. The Morgan fingerprint density at radius 2 is 2.10 bits per heavy atom. The van der Waals surface area contributed by atoms with Crippen LogP contribution in [0.5, 0.6) is 0 Å². The molecule has 4 heteroatoms. The monoisotopic (exact) mass is 279 g/mol. The number of Topliss-reactive ketones (excluding diaryl/α,β-unsaturated/α-hetero) is 1. The van der Waals surface area contributed by atoms with Crippen LogP contribution >= 0.6 is 0 Å². The summed E-state index contributed by atoms with van der Waals surface area (Å²) in [5.41, 5.74) is 6.31. The molecule has 4 nitrogen and oxygen atoms in total. The summed E-state index contributed by atoms with van der Waals surface area (Å²) < 4.78 is 1.90. The maximum Gasteiger partial charge on any atom is 0.179 e. The zero-order valence-electron chi connectivity index (χ0n) is 12.2. The molecule has 3 aromatic rings. The van der Waals surface area contributed by atoms with Gasteiger partial charge in [0.25, 0.3) is 0 Å². The molecular formula is C17H17N3O. The lowest BCUT2D eigenvalue weighted by Crippen LogP contribution is -2.09. The summed E-state index contributed by atoms with van der Waals surface area (Å²) in [6.45, 7) is 2.00. The van der Waals surface area contributed by atoms with E-state index in [2.05, 4.69) is 34.3 Å². The van der Waals surface area contributed by atoms with Crippen LogP contribution in [0.2, 0.25) is 0 Å². The molecule has 0 atom stereocenters. The maximum absolute atomic E-state index is 12.0. The fourth-order valence-electron chi connectivity index (χ4n) is 3.34. The van der Waals surface area contributed by atoms with Crippen LogP contribution in [0.15, 0.2) is 24.3 Å². The van der Waals surface area contributed by atoms with Gasteiger partial charge in [-0.2, -0.15) is 5.10 Å². The van der Waals surface area contributed by atoms with E-state index in [9.17, 15) is 4.79 Å². The Balaban J connectivity index is 1.94. The van der Waals surface area contributed by atoms with Crippen molar-refractivity contribution in [3.8, 4) is 11.3 Å². The second-order valence-electron chi connectivity index (χ2n) is 5.81. The average Bonchev–Trinajstić information content (AvgIpc) is 2.99. The van der Waals surface area contributed by atoms with Crippen molar-refractivity contribution >= 4 is 16.7 Å². The van der Waals surface area contributed by atoms with Crippen molar-refractivity contribution < 1.29 is 4.79 Å². The van der Waals surface area contributed by atoms with Crippen molar-refractivity contribution in [2.45, 2.75) is 26.2 Å². The number of aromatic nitrogens is 3. The summed E-state index contributed by atoms with van der Waals surface area (Å²) in [5, 5.41) is 5.58. The van der Waals surface area contributed by atoms with Gasteiger partial charge in [0.2, 0.25) is 0 Å². The van der Waals surface area contributed by atoms with E-state index in [4.69, 9.17) is 0 Å². The van der Waals surface area contributed by atoms with Gasteiger partial charge in [-0.1, -0.05) is 6.07 Å². The van der Waals surface area contributed by atoms with Crippen molar-refractivity contribution in [2.24, 2.45) is 7.05 Å². The van der Waals surface area contributed by atoms with E-state index in [1.165, 1.54) is 10.9 Å². The topological polar surface area (TPSA) is 50.7 Å². The summed E-state index contributed by atoms with van der Waals surface area (Å²) in [6.07, 6.45) is 2.59. The Morgan fingerprint density at radius 1 is 1.24 bits per heavy atom. The number of ketones is 1. The third-order valence-electron chi connectivity index (χ3n) is 4.31. The molecule has 1 aliphatic rings. The van der Waals surface area contributed by atoms with Crippen LogP contribution in [0.3, 0.4) is 0 Å². The lowest BCUT2D eigenvalue weighted by molar-refractivity contribution is 0.0968. The number of hydrogen-bond acceptors (Lipinski definition) is 2. The van der Waals surface area contributed by atoms with E-state index in [1.54, 1.807) is 0 Å². The number of nitrogens with one attached hydrogen (secondary N) is 1. The van der Waals surface area contributed by atoms with Crippen LogP contribution in [0, 0.1) is 6.92 Å². The minimum atomic E-state index is 0.241. The zero-order chi connectivity index (χ0) is 14.6. The number of benzene rings is 1. The van der Waals surface area contributed by atoms with Gasteiger partial charge in [-0.15, -0.1) is 0 Å². The van der Waals surface area contributed by atoms with Crippen molar-refractivity contribution in [1.29, 1.82) is 0 Å². The van der Waals surface area contributed by atoms with Gasteiger partial charge in [0.1, 0.15) is 0 Å². The van der Waals surface area contributed by atoms with Gasteiger partial charge < -0.3 is 4.98 Å². The third kappa shape index (κ3) is 1.82. The zero-order valence-corrected chi connectivity index (χ0v) is 12.2. The first-order valence-electron chi connectivity index (χ1n) is 7.32. The van der Waals surface area contributed by atoms with Gasteiger partial charge >= 0.3 is 0 Å². The first-order valence-corrected chi connectivity index (χ1v) is 7.32. The molecule has 4 rings (SSSR count). The second-order valence-corrected chi connectivity index (χ2v) is 5.81. The van der Waals surface area contributed by atoms with E-state index in [0.717, 1.165) is 41.0 Å². The number of aromatic amines is 1. The Bertz CT molecular complexity index is 870. The van der Waals surface area contributed by atoms with Crippen LogP contribution in [-0.2, 0) is 13.5 Å². The summed E-state index contributed by atoms with van der Waals surface area (Å²) in [7, 11) is 1.96. The largest absolute Gasteiger partial charge is 0.352 e. The number of carbonyl (C=O) groups excluding carboxylic acids is 1. The molecule has 1 aromatic carbocycles. The van der Waals surface area contributed by atoms with Gasteiger partial charge in [0, 0.05) is 29.9 Å². The fourth-order valence-corrected chi connectivity index (χ4v) is 3.34. The van der Waals surface area contributed by atoms with Crippen molar-refractivity contribution in [3.05, 3.63) is 41.2 Å². The predicted octanol–water partition coefficient (Wildman–Crippen LogP) is 3.40. The van der Waals surface area contributed by atoms with Crippen molar-refractivity contribution in [1.82, 2.24) is 14.8 Å². The molecule has 21 heavy (non-hydrogen) atoms. The molecule has 0 spiro atoms. The molecule has 2 heterocycles. The normalized spacial score (nSPS) is 14.7. The molecule has 0 unspecified atom stereocenters. The molecule has 106 valence electrons. The lowest BCUT2D eigenvalue weighted by Gasteiger charge is -2.09. The van der Waals surface area contributed by atoms with Crippen molar-refractivity contribution in [3.63, 3.8) is 0 Å². The lowest BCUT2D eigenvalue weighted by atomic mass is 9.94. The molecule has 0 saturated carbocycles. The van der Waals surface area contributed by atoms with E-state index in [1.807, 2.05) is 18.7 Å². The Labute approximate surface area is 122 Å². The molecule has 0 bridgehead atoms. The van der Waals surface area contributed by atoms with Crippen molar-refractivity contribution in [2.75, 3.05) is 0 Å². The number of nitrogens with zero attached hydrogens (tertiary/aromatic N) is 2. The highest BCUT2D eigenvalue weighted by Gasteiger charge is 2.22. The number of hydrogen-bond donors (Lipinski definition) is 1. The molecule has 0 saturated heterocycles. The number of H-pyrrole nitrogens is 1. The summed E-state index contributed by atoms with van der Waals surface area (Å²) in [5.74, 6) is 0.241. The molecule has 2 aromatic heterocycles. The molecule has 1 aliphatic carbocycles. The number of fused-ring (bicyclic) bond motifs is 3. The van der Waals surface area contributed by atoms with Crippen LogP contribution in [-0.4, -0.2) is 20.5 Å². The first kappa shape index (κ1) is 12.4. The summed E-state index contributed by atoms with van der Waals surface area (Å²) in [6, 6.07) is 8.43. The van der Waals surface area contributed by atoms with Gasteiger partial charge in [-0.25, -0.2) is 0 Å². The predicted molar refractivity (Wildman–Crippen MR) is 82.5 cm³/mol. The standard InChI is InChI=1S/C17H17N3O/c1-10-8-15(20(2)19-10)11-6-7-14-13(9-11)12-4-3-5-16(21)17(12)18-14/h6-9,18H,3-5H2,1-2H3. The second kappa shape index (κ2) is 4.32. The minimum absolute atomic E-state index is 0.241. The maximum atomic E-state index is 12.0. The Morgan fingerprint density at radius 3 is 2.86 bits per heavy atom. The number of aryl methyl sites for hydroxylation is 3. The van der Waals surface area contributed by atoms with Crippen LogP contribution in [0.4, 0.5) is 0 Å². The molecule has 0 aliphatic heterocycles.